The van der Waals surface area contributed by atoms with Gasteiger partial charge in [-0.1, -0.05) is 35.9 Å². The standard InChI is InChI=1S/C18H24F2N2O.C7H8.CH3.Cs/c1-12-9-16(23-2)15(14-3-6-21-18(12)14)11-22-7-4-13(5-8-22)10-17(19)20;1-7-5-3-2-4-6-7;;/h3,6,9,13,17,21H,4-5,7-8,10-11H2,1-2H3;2-6H,1H3;1H3;/q;;-1;+1. The van der Waals surface area contributed by atoms with Crippen LogP contribution in [0.3, 0.4) is 0 Å². The van der Waals surface area contributed by atoms with Gasteiger partial charge < -0.3 is 17.1 Å². The molecule has 0 radical (unpaired) electrons. The molecule has 1 saturated heterocycles. The summed E-state index contributed by atoms with van der Waals surface area (Å²) in [5.74, 6) is 1.07. The summed E-state index contributed by atoms with van der Waals surface area (Å²) in [6.45, 7) is 6.71. The molecule has 0 saturated carbocycles. The van der Waals surface area contributed by atoms with Crippen LogP contribution in [0, 0.1) is 27.2 Å². The average molecular weight is 562 g/mol. The molecule has 1 aliphatic heterocycles. The van der Waals surface area contributed by atoms with Gasteiger partial charge in [0.2, 0.25) is 6.43 Å². The Kier molecular flexibility index (Phi) is 13.7. The van der Waals surface area contributed by atoms with Crippen molar-refractivity contribution in [3.63, 3.8) is 0 Å². The van der Waals surface area contributed by atoms with Crippen LogP contribution in [0.5, 0.6) is 5.75 Å². The smallest absolute Gasteiger partial charge is 0.496 e. The molecule has 6 heteroatoms. The number of aryl methyl sites for hydroxylation is 2. The van der Waals surface area contributed by atoms with E-state index in [0.29, 0.717) is 0 Å². The van der Waals surface area contributed by atoms with Crippen LogP contribution in [-0.2, 0) is 6.54 Å². The zero-order valence-corrected chi connectivity index (χ0v) is 26.4. The minimum Gasteiger partial charge on any atom is -0.496 e. The second-order valence-corrected chi connectivity index (χ2v) is 8.14. The van der Waals surface area contributed by atoms with Gasteiger partial charge >= 0.3 is 68.9 Å². The van der Waals surface area contributed by atoms with Crippen molar-refractivity contribution in [1.82, 2.24) is 9.88 Å². The van der Waals surface area contributed by atoms with Crippen molar-refractivity contribution in [2.24, 2.45) is 5.92 Å². The molecule has 0 unspecified atom stereocenters. The summed E-state index contributed by atoms with van der Waals surface area (Å²) in [5, 5.41) is 1.19. The Morgan fingerprint density at radius 2 is 1.75 bits per heavy atom. The number of rotatable bonds is 5. The number of nitrogens with zero attached hydrogens (tertiary/aromatic N) is 1. The molecule has 0 amide bonds. The van der Waals surface area contributed by atoms with Gasteiger partial charge in [-0.2, -0.15) is 0 Å². The summed E-state index contributed by atoms with van der Waals surface area (Å²) in [5.41, 5.74) is 4.82. The van der Waals surface area contributed by atoms with Crippen molar-refractivity contribution in [1.29, 1.82) is 0 Å². The van der Waals surface area contributed by atoms with Gasteiger partial charge in [0.25, 0.3) is 0 Å². The van der Waals surface area contributed by atoms with E-state index in [4.69, 9.17) is 4.74 Å². The quantitative estimate of drug-likeness (QED) is 0.480. The number of H-pyrrole nitrogens is 1. The molecule has 0 bridgehead atoms. The Morgan fingerprint density at radius 1 is 1.09 bits per heavy atom. The molecule has 0 atom stereocenters. The fourth-order valence-electron chi connectivity index (χ4n) is 4.17. The molecule has 1 aromatic heterocycles. The van der Waals surface area contributed by atoms with Crippen LogP contribution < -0.4 is 73.6 Å². The monoisotopic (exact) mass is 562 g/mol. The fraction of sp³-hybridized carbons (Fsp3) is 0.423. The van der Waals surface area contributed by atoms with Gasteiger partial charge in [-0.25, -0.2) is 8.78 Å². The van der Waals surface area contributed by atoms with Crippen LogP contribution in [0.25, 0.3) is 10.9 Å². The number of fused-ring (bicyclic) bond motifs is 1. The molecule has 2 aromatic carbocycles. The van der Waals surface area contributed by atoms with Crippen molar-refractivity contribution in [2.75, 3.05) is 20.2 Å². The molecular weight excluding hydrogens is 527 g/mol. The number of methoxy groups -OCH3 is 1. The van der Waals surface area contributed by atoms with Crippen LogP contribution in [0.15, 0.2) is 48.7 Å². The molecule has 2 heterocycles. The molecule has 170 valence electrons. The molecule has 32 heavy (non-hydrogen) atoms. The van der Waals surface area contributed by atoms with Crippen LogP contribution in [0.2, 0.25) is 0 Å². The van der Waals surface area contributed by atoms with Crippen molar-refractivity contribution >= 4 is 10.9 Å². The molecule has 1 N–H and O–H groups in total. The molecule has 3 aromatic rings. The molecule has 1 fully saturated rings. The Hall–Kier alpha value is -0.348. The fourth-order valence-corrected chi connectivity index (χ4v) is 4.17. The van der Waals surface area contributed by atoms with Gasteiger partial charge in [0, 0.05) is 35.6 Å². The van der Waals surface area contributed by atoms with Gasteiger partial charge in [-0.05, 0) is 63.4 Å². The van der Waals surface area contributed by atoms with E-state index in [9.17, 15) is 8.78 Å². The normalized spacial score (nSPS) is 14.3. The minimum atomic E-state index is -2.18. The van der Waals surface area contributed by atoms with Crippen LogP contribution in [-0.4, -0.2) is 36.5 Å². The number of likely N-dealkylation sites (tertiary alicyclic amines) is 1. The van der Waals surface area contributed by atoms with E-state index >= 15 is 0 Å². The maximum atomic E-state index is 12.5. The minimum absolute atomic E-state index is 0. The van der Waals surface area contributed by atoms with Crippen molar-refractivity contribution in [3.05, 3.63) is 72.8 Å². The largest absolute Gasteiger partial charge is 1.00 e. The Labute approximate surface area is 250 Å². The zero-order chi connectivity index (χ0) is 21.5. The first kappa shape index (κ1) is 29.7. The number of aromatic nitrogens is 1. The van der Waals surface area contributed by atoms with E-state index in [1.54, 1.807) is 7.11 Å². The SMILES string of the molecule is COc1cc(C)c2[nH]ccc2c1CN1CCC(CC(F)F)CC1.Cc1ccccc1.[CH3-].[Cs+]. The first-order valence-electron chi connectivity index (χ1n) is 10.6. The number of ether oxygens (including phenoxy) is 1. The van der Waals surface area contributed by atoms with E-state index in [-0.39, 0.29) is 88.7 Å². The van der Waals surface area contributed by atoms with E-state index in [2.05, 4.69) is 48.0 Å². The third-order valence-corrected chi connectivity index (χ3v) is 5.87. The van der Waals surface area contributed by atoms with Crippen molar-refractivity contribution < 1.29 is 82.4 Å². The maximum Gasteiger partial charge on any atom is 1.00 e. The number of hydrogen-bond donors (Lipinski definition) is 1. The second-order valence-electron chi connectivity index (χ2n) is 8.14. The van der Waals surface area contributed by atoms with E-state index < -0.39 is 6.43 Å². The Morgan fingerprint density at radius 3 is 2.28 bits per heavy atom. The number of nitrogens with one attached hydrogen (secondary N) is 1. The van der Waals surface area contributed by atoms with Gasteiger partial charge in [-0.15, -0.1) is 0 Å². The summed E-state index contributed by atoms with van der Waals surface area (Å²) >= 11 is 0. The predicted octanol–water partition coefficient (Wildman–Crippen LogP) is 3.80. The number of halogens is 2. The molecule has 1 aliphatic rings. The zero-order valence-electron chi connectivity index (χ0n) is 20.1. The summed E-state index contributed by atoms with van der Waals surface area (Å²) in [6, 6.07) is 14.4. The number of hydrogen-bond acceptors (Lipinski definition) is 2. The van der Waals surface area contributed by atoms with Crippen LogP contribution in [0.4, 0.5) is 8.78 Å². The topological polar surface area (TPSA) is 28.3 Å². The van der Waals surface area contributed by atoms with E-state index in [0.717, 1.165) is 43.7 Å². The molecule has 4 rings (SSSR count). The first-order valence-corrected chi connectivity index (χ1v) is 10.6. The Balaban J connectivity index is 0.000000489. The van der Waals surface area contributed by atoms with Crippen molar-refractivity contribution in [3.8, 4) is 5.75 Å². The molecule has 0 aliphatic carbocycles. The maximum absolute atomic E-state index is 12.5. The van der Waals surface area contributed by atoms with Gasteiger partial charge in [0.05, 0.1) is 7.11 Å². The number of aromatic amines is 1. The summed E-state index contributed by atoms with van der Waals surface area (Å²) in [4.78, 5) is 5.64. The average Bonchev–Trinajstić information content (AvgIpc) is 3.22. The second kappa shape index (κ2) is 14.8. The van der Waals surface area contributed by atoms with Crippen LogP contribution >= 0.6 is 0 Å². The predicted molar refractivity (Wildman–Crippen MR) is 126 cm³/mol. The Bertz CT molecular complexity index is 922. The van der Waals surface area contributed by atoms with Gasteiger partial charge in [0.1, 0.15) is 5.75 Å². The van der Waals surface area contributed by atoms with E-state index in [1.807, 2.05) is 24.4 Å². The molecule has 3 nitrogen and oxygen atoms in total. The summed E-state index contributed by atoms with van der Waals surface area (Å²) < 4.78 is 30.6. The molecule has 0 spiro atoms. The number of benzene rings is 2. The van der Waals surface area contributed by atoms with Gasteiger partial charge in [-0.3, -0.25) is 4.90 Å². The summed E-state index contributed by atoms with van der Waals surface area (Å²) in [6.07, 6.45) is 1.53. The summed E-state index contributed by atoms with van der Waals surface area (Å²) in [7, 11) is 1.70. The van der Waals surface area contributed by atoms with Crippen LogP contribution in [0.1, 0.15) is 36.0 Å². The first-order chi connectivity index (χ1) is 14.5. The number of alkyl halides is 2. The van der Waals surface area contributed by atoms with Gasteiger partial charge in [0.15, 0.2) is 0 Å². The number of piperidine rings is 1. The van der Waals surface area contributed by atoms with Crippen molar-refractivity contribution in [2.45, 2.75) is 46.1 Å². The molecular formula is C26H35CsF2N2O. The van der Waals surface area contributed by atoms with E-state index in [1.165, 1.54) is 22.1 Å². The third kappa shape index (κ3) is 8.46. The third-order valence-electron chi connectivity index (χ3n) is 5.87.